The van der Waals surface area contributed by atoms with E-state index in [1.54, 1.807) is 12.1 Å². The third kappa shape index (κ3) is 3.33. The molecule has 0 spiro atoms. The minimum Gasteiger partial charge on any atom is -0.453 e. The number of nitrogens with zero attached hydrogens (tertiary/aromatic N) is 5. The molecule has 0 amide bonds. The predicted molar refractivity (Wildman–Crippen MR) is 104 cm³/mol. The summed E-state index contributed by atoms with van der Waals surface area (Å²) in [6.45, 7) is 1.82. The number of aromatic amines is 2. The number of hydrogen-bond acceptors (Lipinski definition) is 7. The Labute approximate surface area is 171 Å². The molecule has 144 valence electrons. The maximum atomic E-state index is 12.0. The van der Waals surface area contributed by atoms with Crippen molar-refractivity contribution in [1.82, 2.24) is 29.9 Å². The highest BCUT2D eigenvalue weighted by atomic mass is 35.5. The van der Waals surface area contributed by atoms with Gasteiger partial charge in [0, 0.05) is 5.39 Å². The molecule has 0 bridgehead atoms. The number of aryl methyl sites for hydroxylation is 1. The molecule has 0 unspecified atom stereocenters. The second-order valence-corrected chi connectivity index (χ2v) is 6.66. The maximum absolute atomic E-state index is 12.0. The maximum Gasteiger partial charge on any atom is 0.349 e. The lowest BCUT2D eigenvalue weighted by Gasteiger charge is -2.12. The fraction of sp³-hybridized carbons (Fsp3) is 0.0588. The summed E-state index contributed by atoms with van der Waals surface area (Å²) in [5, 5.41) is 20.5. The number of nitriles is 1. The molecule has 0 aliphatic heterocycles. The van der Waals surface area contributed by atoms with Crippen LogP contribution in [0.3, 0.4) is 0 Å². The Bertz CT molecular complexity index is 1410. The highest BCUT2D eigenvalue weighted by molar-refractivity contribution is 6.37. The number of rotatable bonds is 3. The van der Waals surface area contributed by atoms with Gasteiger partial charge in [0.1, 0.15) is 11.8 Å². The van der Waals surface area contributed by atoms with Gasteiger partial charge in [0.25, 0.3) is 5.56 Å². The van der Waals surface area contributed by atoms with E-state index in [2.05, 4.69) is 20.3 Å². The number of fused-ring (bicyclic) bond motifs is 1. The average molecular weight is 430 g/mol. The van der Waals surface area contributed by atoms with E-state index >= 15 is 0 Å². The van der Waals surface area contributed by atoms with E-state index in [0.29, 0.717) is 11.4 Å². The molecular formula is C17H9Cl2N7O3. The number of hydrogen-bond donors (Lipinski definition) is 2. The molecule has 0 aliphatic rings. The van der Waals surface area contributed by atoms with Crippen LogP contribution in [0.1, 0.15) is 11.4 Å². The van der Waals surface area contributed by atoms with E-state index in [0.717, 1.165) is 15.8 Å². The van der Waals surface area contributed by atoms with Crippen LogP contribution >= 0.6 is 23.2 Å². The number of pyridine rings is 1. The van der Waals surface area contributed by atoms with Crippen molar-refractivity contribution in [3.63, 3.8) is 0 Å². The number of halogens is 2. The number of aromatic nitrogens is 6. The topological polar surface area (TPSA) is 142 Å². The lowest BCUT2D eigenvalue weighted by molar-refractivity contribution is 0.481. The van der Waals surface area contributed by atoms with E-state index < -0.39 is 16.9 Å². The smallest absolute Gasteiger partial charge is 0.349 e. The highest BCUT2D eigenvalue weighted by Gasteiger charge is 2.16. The van der Waals surface area contributed by atoms with Crippen molar-refractivity contribution in [2.75, 3.05) is 0 Å². The van der Waals surface area contributed by atoms with Crippen molar-refractivity contribution in [3.8, 4) is 23.3 Å². The van der Waals surface area contributed by atoms with Gasteiger partial charge in [-0.15, -0.1) is 5.10 Å². The van der Waals surface area contributed by atoms with Gasteiger partial charge in [0.15, 0.2) is 11.4 Å². The minimum absolute atomic E-state index is 0.0786. The van der Waals surface area contributed by atoms with Crippen molar-refractivity contribution < 1.29 is 4.74 Å². The van der Waals surface area contributed by atoms with E-state index in [1.807, 2.05) is 11.9 Å². The summed E-state index contributed by atoms with van der Waals surface area (Å²) in [6.07, 6.45) is 1.48. The standard InChI is InChI=1S/C17H9Cl2N7O3/c1-7-10-4-9(6-21-15(10)24-23-7)29-14-11(18)2-8(3-12(14)19)26-17(28)22-16(27)13(5-20)25-26/h2-4,6H,1H3,(H,21,23,24)(H,22,27,28). The molecule has 4 aromatic rings. The Morgan fingerprint density at radius 2 is 1.93 bits per heavy atom. The van der Waals surface area contributed by atoms with Gasteiger partial charge in [-0.05, 0) is 25.1 Å². The first-order chi connectivity index (χ1) is 13.9. The first-order valence-electron chi connectivity index (χ1n) is 7.99. The molecule has 10 nitrogen and oxygen atoms in total. The quantitative estimate of drug-likeness (QED) is 0.508. The summed E-state index contributed by atoms with van der Waals surface area (Å²) in [7, 11) is 0. The fourth-order valence-electron chi connectivity index (χ4n) is 2.60. The molecule has 29 heavy (non-hydrogen) atoms. The highest BCUT2D eigenvalue weighted by Crippen LogP contribution is 2.38. The van der Waals surface area contributed by atoms with Crippen molar-refractivity contribution >= 4 is 34.2 Å². The molecule has 12 heteroatoms. The molecule has 0 saturated carbocycles. The summed E-state index contributed by atoms with van der Waals surface area (Å²) in [6, 6.07) is 6.07. The van der Waals surface area contributed by atoms with E-state index in [4.69, 9.17) is 33.2 Å². The van der Waals surface area contributed by atoms with Crippen LogP contribution in [0.25, 0.3) is 16.7 Å². The zero-order chi connectivity index (χ0) is 20.7. The summed E-state index contributed by atoms with van der Waals surface area (Å²) in [4.78, 5) is 29.8. The molecule has 0 aliphatic carbocycles. The summed E-state index contributed by atoms with van der Waals surface area (Å²) in [5.74, 6) is 0.516. The van der Waals surface area contributed by atoms with Crippen molar-refractivity contribution in [2.45, 2.75) is 6.92 Å². The molecule has 4 rings (SSSR count). The van der Waals surface area contributed by atoms with Crippen LogP contribution in [0.15, 0.2) is 34.0 Å². The summed E-state index contributed by atoms with van der Waals surface area (Å²) >= 11 is 12.6. The van der Waals surface area contributed by atoms with Gasteiger partial charge in [-0.3, -0.25) is 14.9 Å². The summed E-state index contributed by atoms with van der Waals surface area (Å²) in [5.41, 5.74) is -0.707. The second kappa shape index (κ2) is 7.05. The average Bonchev–Trinajstić information content (AvgIpc) is 3.05. The Hall–Kier alpha value is -3.68. The van der Waals surface area contributed by atoms with Crippen LogP contribution in [0.5, 0.6) is 11.5 Å². The van der Waals surface area contributed by atoms with E-state index in [9.17, 15) is 9.59 Å². The predicted octanol–water partition coefficient (Wildman–Crippen LogP) is 2.47. The van der Waals surface area contributed by atoms with Crippen molar-refractivity contribution in [1.29, 1.82) is 5.26 Å². The fourth-order valence-corrected chi connectivity index (χ4v) is 3.15. The lowest BCUT2D eigenvalue weighted by atomic mass is 10.2. The van der Waals surface area contributed by atoms with Gasteiger partial charge in [-0.25, -0.2) is 9.78 Å². The largest absolute Gasteiger partial charge is 0.453 e. The van der Waals surface area contributed by atoms with Gasteiger partial charge >= 0.3 is 5.69 Å². The van der Waals surface area contributed by atoms with Crippen LogP contribution in [-0.2, 0) is 0 Å². The molecule has 2 N–H and O–H groups in total. The Kier molecular flexibility index (Phi) is 4.54. The lowest BCUT2D eigenvalue weighted by Crippen LogP contribution is -2.33. The SMILES string of the molecule is Cc1n[nH]c2ncc(Oc3c(Cl)cc(-n4nc(C#N)c(=O)[nH]c4=O)cc3Cl)cc12. The molecule has 0 fully saturated rings. The van der Waals surface area contributed by atoms with Crippen molar-refractivity contribution in [3.05, 3.63) is 66.7 Å². The van der Waals surface area contributed by atoms with Crippen LogP contribution in [-0.4, -0.2) is 29.9 Å². The molecule has 3 heterocycles. The zero-order valence-electron chi connectivity index (χ0n) is 14.5. The van der Waals surface area contributed by atoms with Crippen LogP contribution in [0, 0.1) is 18.3 Å². The van der Waals surface area contributed by atoms with Gasteiger partial charge in [-0.2, -0.15) is 15.0 Å². The first kappa shape index (κ1) is 18.7. The van der Waals surface area contributed by atoms with Gasteiger partial charge in [-0.1, -0.05) is 23.2 Å². The molecule has 1 aromatic carbocycles. The monoisotopic (exact) mass is 429 g/mol. The van der Waals surface area contributed by atoms with Gasteiger partial charge in [0.05, 0.1) is 27.6 Å². The number of ether oxygens (including phenoxy) is 1. The van der Waals surface area contributed by atoms with E-state index in [-0.39, 0.29) is 21.5 Å². The molecule has 0 atom stereocenters. The third-order valence-corrected chi connectivity index (χ3v) is 4.52. The van der Waals surface area contributed by atoms with Gasteiger partial charge in [0.2, 0.25) is 5.69 Å². The van der Waals surface area contributed by atoms with Crippen LogP contribution in [0.4, 0.5) is 0 Å². The normalized spacial score (nSPS) is 10.8. The van der Waals surface area contributed by atoms with Crippen LogP contribution in [0.2, 0.25) is 10.0 Å². The third-order valence-electron chi connectivity index (χ3n) is 3.96. The summed E-state index contributed by atoms with van der Waals surface area (Å²) < 4.78 is 6.58. The first-order valence-corrected chi connectivity index (χ1v) is 8.74. The molecule has 3 aromatic heterocycles. The zero-order valence-corrected chi connectivity index (χ0v) is 16.0. The molecule has 0 saturated heterocycles. The van der Waals surface area contributed by atoms with Crippen LogP contribution < -0.4 is 16.0 Å². The van der Waals surface area contributed by atoms with E-state index in [1.165, 1.54) is 18.3 Å². The Morgan fingerprint density at radius 1 is 1.21 bits per heavy atom. The number of H-pyrrole nitrogens is 2. The minimum atomic E-state index is -0.886. The Balaban J connectivity index is 1.76. The molecular weight excluding hydrogens is 421 g/mol. The second-order valence-electron chi connectivity index (χ2n) is 5.85. The van der Waals surface area contributed by atoms with Gasteiger partial charge < -0.3 is 4.74 Å². The number of benzene rings is 1. The Morgan fingerprint density at radius 3 is 2.62 bits per heavy atom. The van der Waals surface area contributed by atoms with Crippen molar-refractivity contribution in [2.24, 2.45) is 0 Å². The number of nitrogens with one attached hydrogen (secondary N) is 2. The molecule has 0 radical (unpaired) electrons.